The fraction of sp³-hybridized carbons (Fsp3) is 0.792. The Hall–Kier alpha value is -2.71. The number of allylic oxidation sites excluding steroid dienone is 8. The minimum atomic E-state index is -1.13. The summed E-state index contributed by atoms with van der Waals surface area (Å²) in [5.41, 5.74) is 0. The second-order valence-corrected chi connectivity index (χ2v) is 18.0. The molecule has 0 saturated carbocycles. The van der Waals surface area contributed by atoms with Gasteiger partial charge < -0.3 is 28.6 Å². The average molecular weight is 858 g/mol. The lowest BCUT2D eigenvalue weighted by Crippen LogP contribution is -2.55. The van der Waals surface area contributed by atoms with Crippen molar-refractivity contribution in [3.05, 3.63) is 48.6 Å². The monoisotopic (exact) mass is 858 g/mol. The largest absolute Gasteiger partial charge is 0.544 e. The molecular weight excluding hydrogens is 763 g/mol. The van der Waals surface area contributed by atoms with E-state index in [0.29, 0.717) is 12.8 Å². The molecule has 0 aliphatic carbocycles. The fourth-order valence-electron chi connectivity index (χ4n) is 7.24. The highest BCUT2D eigenvalue weighted by atomic mass is 16.6. The van der Waals surface area contributed by atoms with Gasteiger partial charge in [-0.1, -0.05) is 178 Å². The van der Waals surface area contributed by atoms with Crippen molar-refractivity contribution >= 4 is 17.9 Å². The number of carbonyl (C=O) groups is 3. The Morgan fingerprint density at radius 1 is 0.492 bits per heavy atom. The van der Waals surface area contributed by atoms with Gasteiger partial charge in [0.05, 0.1) is 40.3 Å². The van der Waals surface area contributed by atoms with Gasteiger partial charge in [0.25, 0.3) is 0 Å². The quantitative estimate of drug-likeness (QED) is 0.0260. The van der Waals surface area contributed by atoms with Crippen molar-refractivity contribution in [2.45, 2.75) is 231 Å². The van der Waals surface area contributed by atoms with E-state index in [1.165, 1.54) is 116 Å². The topological polar surface area (TPSA) is 102 Å². The highest BCUT2D eigenvalue weighted by Gasteiger charge is 2.25. The van der Waals surface area contributed by atoms with E-state index < -0.39 is 18.1 Å². The zero-order valence-electron chi connectivity index (χ0n) is 40.3. The molecule has 0 N–H and O–H groups in total. The molecular formula is C53H95NO7. The van der Waals surface area contributed by atoms with Crippen LogP contribution in [0.1, 0.15) is 219 Å². The maximum absolute atomic E-state index is 12.8. The SMILES string of the molecule is CCCC/C=C\C/C=C\CCCCCCCC(=O)OCC(COCCC(C(=O)[O-])[N+](C)(C)C)OC(=O)CCCCCCCCCCCCC/C=C\C/C=C\CCCCCCC. The summed E-state index contributed by atoms with van der Waals surface area (Å²) in [6.07, 6.45) is 52.8. The molecule has 0 radical (unpaired) electrons. The normalized spacial score (nSPS) is 13.3. The number of aliphatic carboxylic acids is 1. The van der Waals surface area contributed by atoms with Crippen molar-refractivity contribution < 1.29 is 38.2 Å². The van der Waals surface area contributed by atoms with E-state index >= 15 is 0 Å². The van der Waals surface area contributed by atoms with Gasteiger partial charge in [0.15, 0.2) is 6.10 Å². The number of quaternary nitrogens is 1. The van der Waals surface area contributed by atoms with E-state index in [1.807, 2.05) is 0 Å². The van der Waals surface area contributed by atoms with Gasteiger partial charge in [-0.05, 0) is 70.6 Å². The van der Waals surface area contributed by atoms with E-state index in [2.05, 4.69) is 62.5 Å². The molecule has 0 spiro atoms. The van der Waals surface area contributed by atoms with Gasteiger partial charge in [-0.15, -0.1) is 0 Å². The first-order valence-electron chi connectivity index (χ1n) is 25.2. The molecule has 0 amide bonds. The van der Waals surface area contributed by atoms with E-state index in [1.54, 1.807) is 21.1 Å². The molecule has 61 heavy (non-hydrogen) atoms. The lowest BCUT2D eigenvalue weighted by molar-refractivity contribution is -0.889. The first kappa shape index (κ1) is 58.3. The van der Waals surface area contributed by atoms with Crippen LogP contribution < -0.4 is 5.11 Å². The van der Waals surface area contributed by atoms with Gasteiger partial charge in [-0.3, -0.25) is 9.59 Å². The maximum Gasteiger partial charge on any atom is 0.306 e. The summed E-state index contributed by atoms with van der Waals surface area (Å²) in [4.78, 5) is 37.0. The summed E-state index contributed by atoms with van der Waals surface area (Å²) in [6, 6.07) is -0.729. The van der Waals surface area contributed by atoms with Gasteiger partial charge in [0, 0.05) is 19.3 Å². The number of carboxylic acid groups (broad SMARTS) is 1. The van der Waals surface area contributed by atoms with Crippen LogP contribution in [0.4, 0.5) is 0 Å². The highest BCUT2D eigenvalue weighted by molar-refractivity contribution is 5.70. The van der Waals surface area contributed by atoms with E-state index in [9.17, 15) is 19.5 Å². The molecule has 0 saturated heterocycles. The fourth-order valence-corrected chi connectivity index (χ4v) is 7.24. The van der Waals surface area contributed by atoms with Crippen LogP contribution in [0, 0.1) is 0 Å². The number of nitrogens with zero attached hydrogens (tertiary/aromatic N) is 1. The molecule has 2 unspecified atom stereocenters. The van der Waals surface area contributed by atoms with Gasteiger partial charge in [0.1, 0.15) is 12.6 Å². The van der Waals surface area contributed by atoms with Crippen LogP contribution in [0.5, 0.6) is 0 Å². The third kappa shape index (κ3) is 42.4. The number of hydrogen-bond donors (Lipinski definition) is 0. The van der Waals surface area contributed by atoms with Gasteiger partial charge in [-0.2, -0.15) is 0 Å². The Labute approximate surface area is 376 Å². The number of rotatable bonds is 45. The Morgan fingerprint density at radius 2 is 0.885 bits per heavy atom. The third-order valence-electron chi connectivity index (χ3n) is 11.2. The lowest BCUT2D eigenvalue weighted by Gasteiger charge is -2.34. The van der Waals surface area contributed by atoms with Crippen molar-refractivity contribution in [1.29, 1.82) is 0 Å². The molecule has 0 rings (SSSR count). The minimum Gasteiger partial charge on any atom is -0.544 e. The third-order valence-corrected chi connectivity index (χ3v) is 11.2. The van der Waals surface area contributed by atoms with Gasteiger partial charge in [-0.25, -0.2) is 0 Å². The molecule has 0 bridgehead atoms. The smallest absolute Gasteiger partial charge is 0.306 e. The molecule has 0 aliphatic heterocycles. The van der Waals surface area contributed by atoms with Crippen molar-refractivity contribution in [3.8, 4) is 0 Å². The van der Waals surface area contributed by atoms with E-state index in [-0.39, 0.29) is 42.7 Å². The Kier molecular flexibility index (Phi) is 42.0. The molecule has 354 valence electrons. The van der Waals surface area contributed by atoms with Crippen molar-refractivity contribution in [3.63, 3.8) is 0 Å². The molecule has 0 aromatic carbocycles. The van der Waals surface area contributed by atoms with Crippen molar-refractivity contribution in [1.82, 2.24) is 0 Å². The summed E-state index contributed by atoms with van der Waals surface area (Å²) >= 11 is 0. The number of carbonyl (C=O) groups excluding carboxylic acids is 3. The minimum absolute atomic E-state index is 0.0355. The first-order valence-corrected chi connectivity index (χ1v) is 25.2. The maximum atomic E-state index is 12.8. The highest BCUT2D eigenvalue weighted by Crippen LogP contribution is 2.15. The number of esters is 2. The van der Waals surface area contributed by atoms with Gasteiger partial charge in [0.2, 0.25) is 0 Å². The number of hydrogen-bond acceptors (Lipinski definition) is 7. The van der Waals surface area contributed by atoms with E-state index in [4.69, 9.17) is 14.2 Å². The second-order valence-electron chi connectivity index (χ2n) is 18.0. The standard InChI is InChI=1S/C53H95NO7/c1-6-8-10-12-14-16-18-20-22-23-24-25-26-27-28-29-30-32-34-36-38-40-42-44-52(56)61-49(47-59-46-45-50(53(57)58)54(3,4)5)48-60-51(55)43-41-39-37-35-33-31-21-19-17-15-13-11-9-7-2/h13,15,18-21,23-24,49-50H,6-12,14,16-17,22,25-48H2,1-5H3/b15-13-,20-18-,21-19-,24-23-. The van der Waals surface area contributed by atoms with Gasteiger partial charge >= 0.3 is 11.9 Å². The Morgan fingerprint density at radius 3 is 1.31 bits per heavy atom. The number of likely N-dealkylation sites (N-methyl/N-ethyl adjacent to an activating group) is 1. The second kappa shape index (κ2) is 43.9. The lowest BCUT2D eigenvalue weighted by atomic mass is 10.0. The van der Waals surface area contributed by atoms with Crippen LogP contribution in [0.3, 0.4) is 0 Å². The Balaban J connectivity index is 4.23. The van der Waals surface area contributed by atoms with Crippen molar-refractivity contribution in [2.75, 3.05) is 41.0 Å². The average Bonchev–Trinajstić information content (AvgIpc) is 3.22. The molecule has 8 nitrogen and oxygen atoms in total. The first-order chi connectivity index (χ1) is 29.6. The number of carboxylic acids is 1. The number of unbranched alkanes of at least 4 members (excludes halogenated alkanes) is 23. The summed E-state index contributed by atoms with van der Waals surface area (Å²) in [5.74, 6) is -1.75. The molecule has 0 aromatic heterocycles. The number of ether oxygens (including phenoxy) is 3. The molecule has 0 aromatic rings. The predicted molar refractivity (Wildman–Crippen MR) is 254 cm³/mol. The zero-order chi connectivity index (χ0) is 44.9. The van der Waals surface area contributed by atoms with Crippen LogP contribution in [-0.4, -0.2) is 75.5 Å². The van der Waals surface area contributed by atoms with Crippen LogP contribution in [0.25, 0.3) is 0 Å². The van der Waals surface area contributed by atoms with Crippen LogP contribution in [0.15, 0.2) is 48.6 Å². The molecule has 0 aliphatic rings. The predicted octanol–water partition coefficient (Wildman–Crippen LogP) is 13.0. The summed E-state index contributed by atoms with van der Waals surface area (Å²) in [7, 11) is 5.41. The summed E-state index contributed by atoms with van der Waals surface area (Å²) in [5, 5.41) is 11.6. The summed E-state index contributed by atoms with van der Waals surface area (Å²) in [6.45, 7) is 4.61. The molecule has 0 heterocycles. The molecule has 8 heteroatoms. The van der Waals surface area contributed by atoms with Crippen molar-refractivity contribution in [2.24, 2.45) is 0 Å². The van der Waals surface area contributed by atoms with Crippen LogP contribution >= 0.6 is 0 Å². The molecule has 2 atom stereocenters. The Bertz CT molecular complexity index is 1140. The van der Waals surface area contributed by atoms with Crippen LogP contribution in [-0.2, 0) is 28.6 Å². The molecule has 0 fully saturated rings. The van der Waals surface area contributed by atoms with Crippen LogP contribution in [0.2, 0.25) is 0 Å². The zero-order valence-corrected chi connectivity index (χ0v) is 40.3. The summed E-state index contributed by atoms with van der Waals surface area (Å²) < 4.78 is 17.2. The van der Waals surface area contributed by atoms with E-state index in [0.717, 1.165) is 70.6 Å².